The minimum atomic E-state index is -0.571. The number of carbonyl (C=O) groups is 2. The van der Waals surface area contributed by atoms with Crippen molar-refractivity contribution in [3.05, 3.63) is 28.6 Å². The Morgan fingerprint density at radius 3 is 2.12 bits per heavy atom. The van der Waals surface area contributed by atoms with E-state index in [0.29, 0.717) is 17.0 Å². The van der Waals surface area contributed by atoms with Crippen LogP contribution in [-0.2, 0) is 0 Å². The van der Waals surface area contributed by atoms with Gasteiger partial charge in [0.1, 0.15) is 0 Å². The topological polar surface area (TPSA) is 76.3 Å². The molecule has 0 saturated heterocycles. The van der Waals surface area contributed by atoms with Crippen molar-refractivity contribution in [3.63, 3.8) is 0 Å². The number of aromatic nitrogens is 1. The van der Waals surface area contributed by atoms with Crippen LogP contribution >= 0.6 is 0 Å². The van der Waals surface area contributed by atoms with Crippen molar-refractivity contribution in [2.75, 3.05) is 14.1 Å². The second kappa shape index (κ2) is 4.30. The van der Waals surface area contributed by atoms with Gasteiger partial charge in [0.05, 0.1) is 22.5 Å². The SMILES string of the molecule is Cc1nc(C)c(C(=O)N(C)C)cc1C(N)=O. The number of carbonyl (C=O) groups excluding carboxylic acids is 2. The summed E-state index contributed by atoms with van der Waals surface area (Å²) < 4.78 is 0. The Morgan fingerprint density at radius 2 is 1.69 bits per heavy atom. The molecule has 0 radical (unpaired) electrons. The first-order valence-electron chi connectivity index (χ1n) is 4.84. The van der Waals surface area contributed by atoms with Crippen LogP contribution in [0.5, 0.6) is 0 Å². The lowest BCUT2D eigenvalue weighted by atomic mass is 10.1. The molecule has 1 heterocycles. The summed E-state index contributed by atoms with van der Waals surface area (Å²) in [6.45, 7) is 3.42. The third-order valence-corrected chi connectivity index (χ3v) is 2.31. The smallest absolute Gasteiger partial charge is 0.255 e. The minimum absolute atomic E-state index is 0.187. The van der Waals surface area contributed by atoms with Crippen molar-refractivity contribution in [1.29, 1.82) is 0 Å². The zero-order valence-corrected chi connectivity index (χ0v) is 9.87. The van der Waals surface area contributed by atoms with Crippen LogP contribution in [0.3, 0.4) is 0 Å². The van der Waals surface area contributed by atoms with Crippen LogP contribution < -0.4 is 5.73 Å². The van der Waals surface area contributed by atoms with E-state index in [9.17, 15) is 9.59 Å². The third kappa shape index (κ3) is 2.18. The number of pyridine rings is 1. The van der Waals surface area contributed by atoms with Gasteiger partial charge in [0.25, 0.3) is 11.8 Å². The van der Waals surface area contributed by atoms with Crippen molar-refractivity contribution in [3.8, 4) is 0 Å². The standard InChI is InChI=1S/C11H15N3O2/c1-6-8(10(12)15)5-9(7(2)13-6)11(16)14(3)4/h5H,1-4H3,(H2,12,15). The molecule has 16 heavy (non-hydrogen) atoms. The molecule has 0 unspecified atom stereocenters. The van der Waals surface area contributed by atoms with E-state index in [1.54, 1.807) is 27.9 Å². The molecular formula is C11H15N3O2. The maximum Gasteiger partial charge on any atom is 0.255 e. The molecule has 1 aromatic heterocycles. The van der Waals surface area contributed by atoms with Crippen molar-refractivity contribution in [2.24, 2.45) is 5.73 Å². The molecular weight excluding hydrogens is 206 g/mol. The maximum atomic E-state index is 11.8. The van der Waals surface area contributed by atoms with E-state index >= 15 is 0 Å². The number of nitrogens with two attached hydrogens (primary N) is 1. The van der Waals surface area contributed by atoms with Gasteiger partial charge in [-0.1, -0.05) is 0 Å². The average molecular weight is 221 g/mol. The van der Waals surface area contributed by atoms with Gasteiger partial charge in [-0.15, -0.1) is 0 Å². The van der Waals surface area contributed by atoms with E-state index in [1.165, 1.54) is 11.0 Å². The molecule has 5 heteroatoms. The molecule has 0 aliphatic heterocycles. The molecule has 0 aromatic carbocycles. The second-order valence-corrected chi connectivity index (χ2v) is 3.82. The summed E-state index contributed by atoms with van der Waals surface area (Å²) >= 11 is 0. The fraction of sp³-hybridized carbons (Fsp3) is 0.364. The minimum Gasteiger partial charge on any atom is -0.366 e. The second-order valence-electron chi connectivity index (χ2n) is 3.82. The Bertz CT molecular complexity index is 453. The molecule has 1 rings (SSSR count). The van der Waals surface area contributed by atoms with Gasteiger partial charge in [-0.25, -0.2) is 0 Å². The fourth-order valence-electron chi connectivity index (χ4n) is 1.43. The highest BCUT2D eigenvalue weighted by Crippen LogP contribution is 2.13. The zero-order chi connectivity index (χ0) is 12.5. The summed E-state index contributed by atoms with van der Waals surface area (Å²) in [7, 11) is 3.29. The highest BCUT2D eigenvalue weighted by atomic mass is 16.2. The van der Waals surface area contributed by atoms with Crippen molar-refractivity contribution >= 4 is 11.8 Å². The van der Waals surface area contributed by atoms with E-state index in [4.69, 9.17) is 5.73 Å². The Balaban J connectivity index is 3.36. The first kappa shape index (κ1) is 12.2. The monoisotopic (exact) mass is 221 g/mol. The van der Waals surface area contributed by atoms with E-state index < -0.39 is 5.91 Å². The Hall–Kier alpha value is -1.91. The quantitative estimate of drug-likeness (QED) is 0.790. The number of hydrogen-bond acceptors (Lipinski definition) is 3. The molecule has 0 bridgehead atoms. The summed E-state index contributed by atoms with van der Waals surface area (Å²) in [6.07, 6.45) is 0. The predicted octanol–water partition coefficient (Wildman–Crippen LogP) is 0.499. The summed E-state index contributed by atoms with van der Waals surface area (Å²) in [5, 5.41) is 0. The molecule has 5 nitrogen and oxygen atoms in total. The van der Waals surface area contributed by atoms with Gasteiger partial charge < -0.3 is 10.6 Å². The van der Waals surface area contributed by atoms with Gasteiger partial charge >= 0.3 is 0 Å². The van der Waals surface area contributed by atoms with Crippen LogP contribution in [0.1, 0.15) is 32.1 Å². The summed E-state index contributed by atoms with van der Waals surface area (Å²) in [5.41, 5.74) is 7.04. The number of rotatable bonds is 2. The van der Waals surface area contributed by atoms with Crippen LogP contribution in [0.4, 0.5) is 0 Å². The molecule has 0 saturated carbocycles. The molecule has 2 amide bonds. The van der Waals surface area contributed by atoms with E-state index in [1.807, 2.05) is 0 Å². The first-order chi connectivity index (χ1) is 7.34. The van der Waals surface area contributed by atoms with Crippen LogP contribution in [-0.4, -0.2) is 35.8 Å². The number of hydrogen-bond donors (Lipinski definition) is 1. The number of primary amides is 1. The van der Waals surface area contributed by atoms with E-state index in [0.717, 1.165) is 0 Å². The number of nitrogens with zero attached hydrogens (tertiary/aromatic N) is 2. The summed E-state index contributed by atoms with van der Waals surface area (Å²) in [4.78, 5) is 28.5. The van der Waals surface area contributed by atoms with Gasteiger partial charge in [-0.2, -0.15) is 0 Å². The Kier molecular flexibility index (Phi) is 3.27. The lowest BCUT2D eigenvalue weighted by molar-refractivity contribution is 0.0826. The highest BCUT2D eigenvalue weighted by Gasteiger charge is 2.16. The lowest BCUT2D eigenvalue weighted by Gasteiger charge is -2.13. The Labute approximate surface area is 94.3 Å². The molecule has 0 atom stereocenters. The van der Waals surface area contributed by atoms with Gasteiger partial charge in [0.15, 0.2) is 0 Å². The average Bonchev–Trinajstić information content (AvgIpc) is 2.16. The highest BCUT2D eigenvalue weighted by molar-refractivity contribution is 6.00. The molecule has 0 fully saturated rings. The molecule has 0 aliphatic carbocycles. The first-order valence-corrected chi connectivity index (χ1v) is 4.84. The van der Waals surface area contributed by atoms with Crippen LogP contribution in [0.25, 0.3) is 0 Å². The molecule has 0 aliphatic rings. The van der Waals surface area contributed by atoms with Crippen molar-refractivity contribution in [1.82, 2.24) is 9.88 Å². The van der Waals surface area contributed by atoms with Gasteiger partial charge in [-0.05, 0) is 19.9 Å². The van der Waals surface area contributed by atoms with E-state index in [-0.39, 0.29) is 11.5 Å². The predicted molar refractivity (Wildman–Crippen MR) is 60.2 cm³/mol. The van der Waals surface area contributed by atoms with Gasteiger partial charge in [0, 0.05) is 14.1 Å². The lowest BCUT2D eigenvalue weighted by Crippen LogP contribution is -2.24. The number of aryl methyl sites for hydroxylation is 2. The van der Waals surface area contributed by atoms with Crippen LogP contribution in [0, 0.1) is 13.8 Å². The molecule has 86 valence electrons. The number of amides is 2. The van der Waals surface area contributed by atoms with E-state index in [2.05, 4.69) is 4.98 Å². The van der Waals surface area contributed by atoms with Crippen molar-refractivity contribution in [2.45, 2.75) is 13.8 Å². The fourth-order valence-corrected chi connectivity index (χ4v) is 1.43. The summed E-state index contributed by atoms with van der Waals surface area (Å²) in [5.74, 6) is -0.759. The third-order valence-electron chi connectivity index (χ3n) is 2.31. The molecule has 2 N–H and O–H groups in total. The maximum absolute atomic E-state index is 11.8. The summed E-state index contributed by atoms with van der Waals surface area (Å²) in [6, 6.07) is 1.50. The Morgan fingerprint density at radius 1 is 1.19 bits per heavy atom. The normalized spacial score (nSPS) is 10.0. The van der Waals surface area contributed by atoms with Crippen LogP contribution in [0.2, 0.25) is 0 Å². The van der Waals surface area contributed by atoms with Crippen LogP contribution in [0.15, 0.2) is 6.07 Å². The van der Waals surface area contributed by atoms with Gasteiger partial charge in [-0.3, -0.25) is 14.6 Å². The molecule has 1 aromatic rings. The van der Waals surface area contributed by atoms with Gasteiger partial charge in [0.2, 0.25) is 0 Å². The largest absolute Gasteiger partial charge is 0.366 e. The zero-order valence-electron chi connectivity index (χ0n) is 9.87. The molecule has 0 spiro atoms. The van der Waals surface area contributed by atoms with Crippen molar-refractivity contribution < 1.29 is 9.59 Å².